The Morgan fingerprint density at radius 1 is 1.50 bits per heavy atom. The zero-order valence-corrected chi connectivity index (χ0v) is 7.88. The van der Waals surface area contributed by atoms with Gasteiger partial charge in [-0.2, -0.15) is 0 Å². The molecule has 0 aliphatic rings. The maximum absolute atomic E-state index is 11.9. The van der Waals surface area contributed by atoms with E-state index in [0.29, 0.717) is 0 Å². The Kier molecular flexibility index (Phi) is 2.92. The summed E-state index contributed by atoms with van der Waals surface area (Å²) >= 11 is 0. The highest BCUT2D eigenvalue weighted by atomic mass is 19.4. The predicted molar refractivity (Wildman–Crippen MR) is 45.4 cm³/mol. The van der Waals surface area contributed by atoms with Crippen LogP contribution in [0.15, 0.2) is 11.0 Å². The number of rotatable bonds is 2. The molecule has 0 unspecified atom stereocenters. The van der Waals surface area contributed by atoms with Gasteiger partial charge >= 0.3 is 12.3 Å². The van der Waals surface area contributed by atoms with Crippen LogP contribution in [0.1, 0.15) is 16.1 Å². The minimum Gasteiger partial charge on any atom is -0.476 e. The van der Waals surface area contributed by atoms with Crippen molar-refractivity contribution in [2.45, 2.75) is 13.3 Å². The van der Waals surface area contributed by atoms with Crippen molar-refractivity contribution in [3.63, 3.8) is 0 Å². The average Bonchev–Trinajstić information content (AvgIpc) is 2.10. The summed E-state index contributed by atoms with van der Waals surface area (Å²) in [6.45, 7) is 1.23. The lowest BCUT2D eigenvalue weighted by Gasteiger charge is -2.10. The minimum absolute atomic E-state index is 0.0794. The zero-order valence-electron chi connectivity index (χ0n) is 7.88. The first kappa shape index (κ1) is 12.1. The highest BCUT2D eigenvalue weighted by Crippen LogP contribution is 2.22. The molecule has 0 aliphatic heterocycles. The number of hydrogen-bond donors (Lipinski definition) is 2. The smallest absolute Gasteiger partial charge is 0.476 e. The van der Waals surface area contributed by atoms with Gasteiger partial charge in [0.05, 0.1) is 0 Å². The van der Waals surface area contributed by atoms with E-state index in [2.05, 4.69) is 4.74 Å². The molecule has 0 bridgehead atoms. The van der Waals surface area contributed by atoms with Gasteiger partial charge in [-0.25, -0.2) is 4.79 Å². The molecular weight excluding hydrogens is 231 g/mol. The lowest BCUT2D eigenvalue weighted by Crippen LogP contribution is -2.25. The summed E-state index contributed by atoms with van der Waals surface area (Å²) in [4.78, 5) is 23.9. The number of H-pyrrole nitrogens is 1. The summed E-state index contributed by atoms with van der Waals surface area (Å²) in [5.74, 6) is -2.98. The molecule has 0 amide bonds. The van der Waals surface area contributed by atoms with Crippen molar-refractivity contribution in [3.05, 3.63) is 27.7 Å². The van der Waals surface area contributed by atoms with Crippen LogP contribution in [0.4, 0.5) is 13.2 Å². The maximum atomic E-state index is 11.9. The fraction of sp³-hybridized carbons (Fsp3) is 0.250. The number of carbonyl (C=O) groups is 1. The first-order valence-electron chi connectivity index (χ1n) is 3.93. The van der Waals surface area contributed by atoms with Crippen LogP contribution in [0.25, 0.3) is 0 Å². The van der Waals surface area contributed by atoms with Crippen molar-refractivity contribution in [2.24, 2.45) is 0 Å². The standard InChI is InChI=1S/C8H6F3NO4/c1-3-2-12-4(7(14)15)6(5(3)13)16-8(9,10)11/h2H,1H3,(H,12,13)(H,14,15). The zero-order chi connectivity index (χ0) is 12.5. The van der Waals surface area contributed by atoms with Crippen LogP contribution in [0.3, 0.4) is 0 Å². The first-order chi connectivity index (χ1) is 7.22. The number of nitrogens with one attached hydrogen (secondary N) is 1. The topological polar surface area (TPSA) is 79.4 Å². The fourth-order valence-electron chi connectivity index (χ4n) is 0.976. The molecule has 0 fully saturated rings. The molecule has 1 aromatic rings. The Morgan fingerprint density at radius 2 is 2.06 bits per heavy atom. The van der Waals surface area contributed by atoms with Gasteiger partial charge in [0.15, 0.2) is 5.69 Å². The van der Waals surface area contributed by atoms with Gasteiger partial charge in [0.1, 0.15) is 0 Å². The quantitative estimate of drug-likeness (QED) is 0.811. The number of aromatic carboxylic acids is 1. The van der Waals surface area contributed by atoms with E-state index in [0.717, 1.165) is 6.20 Å². The monoisotopic (exact) mass is 237 g/mol. The van der Waals surface area contributed by atoms with Gasteiger partial charge in [0.2, 0.25) is 11.2 Å². The molecular formula is C8H6F3NO4. The van der Waals surface area contributed by atoms with Crippen molar-refractivity contribution in [2.75, 3.05) is 0 Å². The maximum Gasteiger partial charge on any atom is 0.573 e. The number of pyridine rings is 1. The third-order valence-electron chi connectivity index (χ3n) is 1.66. The second kappa shape index (κ2) is 3.87. The van der Waals surface area contributed by atoms with Gasteiger partial charge in [0, 0.05) is 11.8 Å². The van der Waals surface area contributed by atoms with Crippen LogP contribution in [0.2, 0.25) is 0 Å². The van der Waals surface area contributed by atoms with Crippen molar-refractivity contribution >= 4 is 5.97 Å². The molecule has 88 valence electrons. The molecule has 0 aromatic carbocycles. The van der Waals surface area contributed by atoms with Gasteiger partial charge < -0.3 is 14.8 Å². The van der Waals surface area contributed by atoms with E-state index in [-0.39, 0.29) is 5.56 Å². The summed E-state index contributed by atoms with van der Waals surface area (Å²) in [5.41, 5.74) is -2.13. The Labute approximate surface area is 86.5 Å². The van der Waals surface area contributed by atoms with Crippen molar-refractivity contribution in [1.29, 1.82) is 0 Å². The first-order valence-corrected chi connectivity index (χ1v) is 3.93. The lowest BCUT2D eigenvalue weighted by atomic mass is 10.2. The van der Waals surface area contributed by atoms with Crippen molar-refractivity contribution in [3.8, 4) is 5.75 Å². The molecule has 1 rings (SSSR count). The van der Waals surface area contributed by atoms with Crippen LogP contribution >= 0.6 is 0 Å². The third kappa shape index (κ3) is 2.53. The molecule has 2 N–H and O–H groups in total. The average molecular weight is 237 g/mol. The van der Waals surface area contributed by atoms with E-state index in [1.165, 1.54) is 6.92 Å². The highest BCUT2D eigenvalue weighted by Gasteiger charge is 2.34. The van der Waals surface area contributed by atoms with Crippen molar-refractivity contribution in [1.82, 2.24) is 4.98 Å². The molecule has 1 heterocycles. The molecule has 1 aromatic heterocycles. The van der Waals surface area contributed by atoms with Crippen LogP contribution in [-0.4, -0.2) is 22.4 Å². The van der Waals surface area contributed by atoms with E-state index in [4.69, 9.17) is 5.11 Å². The molecule has 8 heteroatoms. The van der Waals surface area contributed by atoms with Gasteiger partial charge in [-0.3, -0.25) is 4.79 Å². The fourth-order valence-corrected chi connectivity index (χ4v) is 0.976. The Hall–Kier alpha value is -1.99. The number of alkyl halides is 3. The van der Waals surface area contributed by atoms with Gasteiger partial charge in [-0.1, -0.05) is 0 Å². The van der Waals surface area contributed by atoms with E-state index >= 15 is 0 Å². The van der Waals surface area contributed by atoms with Crippen LogP contribution in [0.5, 0.6) is 5.75 Å². The lowest BCUT2D eigenvalue weighted by molar-refractivity contribution is -0.275. The number of carboxylic acid groups (broad SMARTS) is 1. The summed E-state index contributed by atoms with van der Waals surface area (Å²) in [5, 5.41) is 8.56. The van der Waals surface area contributed by atoms with E-state index < -0.39 is 29.2 Å². The largest absolute Gasteiger partial charge is 0.573 e. The number of aryl methyl sites for hydroxylation is 1. The van der Waals surface area contributed by atoms with E-state index in [1.807, 2.05) is 4.98 Å². The van der Waals surface area contributed by atoms with Gasteiger partial charge in [0.25, 0.3) is 0 Å². The second-order valence-electron chi connectivity index (χ2n) is 2.86. The molecule has 0 saturated carbocycles. The number of halogens is 3. The second-order valence-corrected chi connectivity index (χ2v) is 2.86. The highest BCUT2D eigenvalue weighted by molar-refractivity contribution is 5.88. The van der Waals surface area contributed by atoms with Crippen LogP contribution in [0, 0.1) is 6.92 Å². The molecule has 5 nitrogen and oxygen atoms in total. The van der Waals surface area contributed by atoms with E-state index in [1.54, 1.807) is 0 Å². The molecule has 0 radical (unpaired) electrons. The minimum atomic E-state index is -5.12. The molecule has 16 heavy (non-hydrogen) atoms. The number of hydrogen-bond acceptors (Lipinski definition) is 3. The predicted octanol–water partition coefficient (Wildman–Crippen LogP) is 1.28. The number of aromatic nitrogens is 1. The van der Waals surface area contributed by atoms with E-state index in [9.17, 15) is 22.8 Å². The number of ether oxygens (including phenoxy) is 1. The summed E-state index contributed by atoms with van der Waals surface area (Å²) in [6.07, 6.45) is -4.12. The Morgan fingerprint density at radius 3 is 2.50 bits per heavy atom. The third-order valence-corrected chi connectivity index (χ3v) is 1.66. The van der Waals surface area contributed by atoms with Crippen LogP contribution < -0.4 is 10.2 Å². The summed E-state index contributed by atoms with van der Waals surface area (Å²) in [6, 6.07) is 0. The molecule has 0 saturated heterocycles. The number of carboxylic acids is 1. The van der Waals surface area contributed by atoms with Crippen molar-refractivity contribution < 1.29 is 27.8 Å². The van der Waals surface area contributed by atoms with Gasteiger partial charge in [-0.05, 0) is 6.92 Å². The SMILES string of the molecule is Cc1c[nH]c(C(=O)O)c(OC(F)(F)F)c1=O. The summed E-state index contributed by atoms with van der Waals surface area (Å²) < 4.78 is 39.2. The molecule has 0 atom stereocenters. The van der Waals surface area contributed by atoms with Gasteiger partial charge in [-0.15, -0.1) is 13.2 Å². The Bertz CT molecular complexity index is 477. The molecule has 0 aliphatic carbocycles. The molecule has 0 spiro atoms. The number of aromatic amines is 1. The van der Waals surface area contributed by atoms with Crippen LogP contribution in [-0.2, 0) is 0 Å². The normalized spacial score (nSPS) is 11.2. The Balaban J connectivity index is 3.38. The summed E-state index contributed by atoms with van der Waals surface area (Å²) in [7, 11) is 0.